The van der Waals surface area contributed by atoms with E-state index in [4.69, 9.17) is 21.1 Å². The lowest BCUT2D eigenvalue weighted by atomic mass is 9.97. The van der Waals surface area contributed by atoms with Gasteiger partial charge in [0.05, 0.1) is 11.7 Å². The highest BCUT2D eigenvalue weighted by molar-refractivity contribution is 6.28. The standard InChI is InChI=1S/C23H31ClN6O3/c1-14-20(26-21(24)28-27-14)29-11-7-16(8-12-29)32-18-6-10-25-17-9-13-30(15(2)19(17)18)22(31)33-23(3,4)5/h6,10,15-16H,7-9,11-13H2,1-5H3. The van der Waals surface area contributed by atoms with Crippen LogP contribution >= 0.6 is 11.6 Å². The van der Waals surface area contributed by atoms with E-state index in [1.54, 1.807) is 11.1 Å². The average molecular weight is 475 g/mol. The maximum Gasteiger partial charge on any atom is 0.410 e. The second-order valence-electron chi connectivity index (χ2n) is 9.56. The highest BCUT2D eigenvalue weighted by Crippen LogP contribution is 2.37. The lowest BCUT2D eigenvalue weighted by Gasteiger charge is -2.38. The minimum atomic E-state index is -0.541. The van der Waals surface area contributed by atoms with Crippen molar-refractivity contribution in [2.45, 2.75) is 71.6 Å². The summed E-state index contributed by atoms with van der Waals surface area (Å²) in [5, 5.41) is 8.03. The van der Waals surface area contributed by atoms with Crippen molar-refractivity contribution in [3.05, 3.63) is 34.5 Å². The lowest BCUT2D eigenvalue weighted by molar-refractivity contribution is 0.0153. The number of anilines is 1. The van der Waals surface area contributed by atoms with Crippen LogP contribution in [0.4, 0.5) is 10.6 Å². The summed E-state index contributed by atoms with van der Waals surface area (Å²) in [6.45, 7) is 11.7. The van der Waals surface area contributed by atoms with Gasteiger partial charge in [0.2, 0.25) is 5.28 Å². The van der Waals surface area contributed by atoms with Gasteiger partial charge in [0.25, 0.3) is 0 Å². The van der Waals surface area contributed by atoms with Crippen LogP contribution in [0.3, 0.4) is 0 Å². The van der Waals surface area contributed by atoms with Crippen LogP contribution in [0.25, 0.3) is 0 Å². The molecule has 1 unspecified atom stereocenters. The molecule has 0 bridgehead atoms. The number of rotatable bonds is 3. The number of aromatic nitrogens is 4. The molecule has 0 aromatic carbocycles. The predicted octanol–water partition coefficient (Wildman–Crippen LogP) is 4.13. The maximum absolute atomic E-state index is 12.8. The Hall–Kier alpha value is -2.68. The Morgan fingerprint density at radius 3 is 2.61 bits per heavy atom. The van der Waals surface area contributed by atoms with Gasteiger partial charge in [-0.05, 0) is 52.3 Å². The third kappa shape index (κ3) is 5.29. The number of hydrogen-bond donors (Lipinski definition) is 0. The second-order valence-corrected chi connectivity index (χ2v) is 9.90. The lowest BCUT2D eigenvalue weighted by Crippen LogP contribution is -2.43. The van der Waals surface area contributed by atoms with E-state index < -0.39 is 5.60 Å². The van der Waals surface area contributed by atoms with Gasteiger partial charge >= 0.3 is 6.09 Å². The van der Waals surface area contributed by atoms with Gasteiger partial charge in [-0.15, -0.1) is 10.2 Å². The molecule has 4 heterocycles. The molecule has 1 fully saturated rings. The van der Waals surface area contributed by atoms with Crippen LogP contribution in [0.1, 0.15) is 63.5 Å². The Kier molecular flexibility index (Phi) is 6.61. The third-order valence-corrected chi connectivity index (χ3v) is 6.13. The van der Waals surface area contributed by atoms with Crippen molar-refractivity contribution in [3.8, 4) is 5.75 Å². The third-order valence-electron chi connectivity index (χ3n) is 5.97. The molecule has 2 aliphatic rings. The van der Waals surface area contributed by atoms with E-state index in [0.29, 0.717) is 13.0 Å². The van der Waals surface area contributed by atoms with Crippen molar-refractivity contribution in [1.82, 2.24) is 25.1 Å². The first-order valence-corrected chi connectivity index (χ1v) is 11.8. The summed E-state index contributed by atoms with van der Waals surface area (Å²) in [5.74, 6) is 1.57. The summed E-state index contributed by atoms with van der Waals surface area (Å²) in [5.41, 5.74) is 2.17. The number of amides is 1. The van der Waals surface area contributed by atoms with Crippen LogP contribution in [0.15, 0.2) is 12.3 Å². The molecule has 0 saturated carbocycles. The van der Waals surface area contributed by atoms with Crippen LogP contribution in [-0.2, 0) is 11.2 Å². The molecule has 0 radical (unpaired) electrons. The summed E-state index contributed by atoms with van der Waals surface area (Å²) in [4.78, 5) is 25.6. The second kappa shape index (κ2) is 9.29. The Balaban J connectivity index is 1.46. The minimum Gasteiger partial charge on any atom is -0.490 e. The fraction of sp³-hybridized carbons (Fsp3) is 0.609. The molecule has 2 aromatic heterocycles. The molecule has 33 heavy (non-hydrogen) atoms. The Labute approximate surface area is 199 Å². The van der Waals surface area contributed by atoms with E-state index >= 15 is 0 Å². The van der Waals surface area contributed by atoms with E-state index in [0.717, 1.165) is 54.4 Å². The summed E-state index contributed by atoms with van der Waals surface area (Å²) in [6, 6.07) is 1.72. The number of hydrogen-bond acceptors (Lipinski definition) is 8. The van der Waals surface area contributed by atoms with E-state index in [-0.39, 0.29) is 23.5 Å². The van der Waals surface area contributed by atoms with E-state index in [2.05, 4.69) is 25.1 Å². The van der Waals surface area contributed by atoms with Crippen molar-refractivity contribution in [2.75, 3.05) is 24.5 Å². The van der Waals surface area contributed by atoms with Crippen molar-refractivity contribution in [3.63, 3.8) is 0 Å². The normalized spacial score (nSPS) is 19.3. The van der Waals surface area contributed by atoms with Crippen molar-refractivity contribution < 1.29 is 14.3 Å². The number of carbonyl (C=O) groups is 1. The first-order valence-electron chi connectivity index (χ1n) is 11.4. The first-order chi connectivity index (χ1) is 15.6. The van der Waals surface area contributed by atoms with E-state index in [1.165, 1.54) is 0 Å². The number of carbonyl (C=O) groups excluding carboxylic acids is 1. The molecule has 9 nitrogen and oxygen atoms in total. The number of ether oxygens (including phenoxy) is 2. The van der Waals surface area contributed by atoms with Gasteiger partial charge in [-0.2, -0.15) is 4.98 Å². The topological polar surface area (TPSA) is 93.6 Å². The van der Waals surface area contributed by atoms with Crippen LogP contribution < -0.4 is 9.64 Å². The van der Waals surface area contributed by atoms with Gasteiger partial charge in [0.15, 0.2) is 5.82 Å². The monoisotopic (exact) mass is 474 g/mol. The molecular weight excluding hydrogens is 444 g/mol. The smallest absolute Gasteiger partial charge is 0.410 e. The van der Waals surface area contributed by atoms with Crippen molar-refractivity contribution in [1.29, 1.82) is 0 Å². The average Bonchev–Trinajstić information content (AvgIpc) is 2.75. The summed E-state index contributed by atoms with van der Waals surface area (Å²) in [7, 11) is 0. The number of nitrogens with zero attached hydrogens (tertiary/aromatic N) is 6. The SMILES string of the molecule is Cc1nnc(Cl)nc1N1CCC(Oc2ccnc3c2C(C)N(C(=O)OC(C)(C)C)CC3)CC1. The molecule has 178 valence electrons. The number of piperidine rings is 1. The Bertz CT molecular complexity index is 1020. The predicted molar refractivity (Wildman–Crippen MR) is 125 cm³/mol. The zero-order chi connectivity index (χ0) is 23.8. The van der Waals surface area contributed by atoms with E-state index in [9.17, 15) is 4.79 Å². The molecule has 1 atom stereocenters. The zero-order valence-corrected chi connectivity index (χ0v) is 20.6. The van der Waals surface area contributed by atoms with Crippen LogP contribution in [-0.4, -0.2) is 62.5 Å². The van der Waals surface area contributed by atoms with Gasteiger partial charge in [-0.25, -0.2) is 4.79 Å². The number of halogens is 1. The van der Waals surface area contributed by atoms with Crippen LogP contribution in [0, 0.1) is 6.92 Å². The highest BCUT2D eigenvalue weighted by atomic mass is 35.5. The zero-order valence-electron chi connectivity index (χ0n) is 19.8. The van der Waals surface area contributed by atoms with Gasteiger partial charge < -0.3 is 19.3 Å². The molecule has 2 aromatic rings. The van der Waals surface area contributed by atoms with Crippen LogP contribution in [0.5, 0.6) is 5.75 Å². The van der Waals surface area contributed by atoms with Gasteiger partial charge in [-0.3, -0.25) is 4.98 Å². The Morgan fingerprint density at radius 1 is 1.18 bits per heavy atom. The number of aryl methyl sites for hydroxylation is 1. The van der Waals surface area contributed by atoms with Crippen LogP contribution in [0.2, 0.25) is 5.28 Å². The van der Waals surface area contributed by atoms with Crippen molar-refractivity contribution in [2.24, 2.45) is 0 Å². The Morgan fingerprint density at radius 2 is 1.91 bits per heavy atom. The fourth-order valence-corrected chi connectivity index (χ4v) is 4.53. The molecule has 10 heteroatoms. The summed E-state index contributed by atoms with van der Waals surface area (Å²) >= 11 is 5.94. The number of fused-ring (bicyclic) bond motifs is 1. The van der Waals surface area contributed by atoms with E-state index in [1.807, 2.05) is 40.7 Å². The molecule has 0 N–H and O–H groups in total. The molecular formula is C23H31ClN6O3. The number of pyridine rings is 1. The fourth-order valence-electron chi connectivity index (χ4n) is 4.41. The summed E-state index contributed by atoms with van der Waals surface area (Å²) in [6.07, 6.45) is 3.88. The van der Waals surface area contributed by atoms with Crippen molar-refractivity contribution >= 4 is 23.5 Å². The van der Waals surface area contributed by atoms with Gasteiger partial charge in [-0.1, -0.05) is 0 Å². The maximum atomic E-state index is 12.8. The minimum absolute atomic E-state index is 0.0578. The van der Waals surface area contributed by atoms with Gasteiger partial charge in [0.1, 0.15) is 23.1 Å². The summed E-state index contributed by atoms with van der Waals surface area (Å²) < 4.78 is 12.1. The molecule has 1 saturated heterocycles. The first kappa shape index (κ1) is 23.5. The highest BCUT2D eigenvalue weighted by Gasteiger charge is 2.34. The van der Waals surface area contributed by atoms with Gasteiger partial charge in [0, 0.05) is 50.7 Å². The molecule has 0 aliphatic carbocycles. The molecule has 4 rings (SSSR count). The molecule has 2 aliphatic heterocycles. The molecule has 0 spiro atoms. The largest absolute Gasteiger partial charge is 0.490 e. The quantitative estimate of drug-likeness (QED) is 0.655. The molecule has 1 amide bonds.